The highest BCUT2D eigenvalue weighted by molar-refractivity contribution is 5.76. The first kappa shape index (κ1) is 24.9. The Bertz CT molecular complexity index is 940. The summed E-state index contributed by atoms with van der Waals surface area (Å²) in [6.45, 7) is 15.2. The Labute approximate surface area is 205 Å². The fourth-order valence-electron chi connectivity index (χ4n) is 6.05. The van der Waals surface area contributed by atoms with E-state index < -0.39 is 0 Å². The Hall–Kier alpha value is -2.18. The van der Waals surface area contributed by atoms with Crippen molar-refractivity contribution >= 4 is 5.91 Å². The smallest absolute Gasteiger partial charge is 0.222 e. The average molecular weight is 466 g/mol. The van der Waals surface area contributed by atoms with E-state index in [0.717, 1.165) is 57.2 Å². The summed E-state index contributed by atoms with van der Waals surface area (Å²) < 4.78 is 2.04. The van der Waals surface area contributed by atoms with Gasteiger partial charge in [0, 0.05) is 63.0 Å². The SMILES string of the molecule is CCN(Cc1c(C)nn(CC)c1C)C(=O)CCC[C@H]1NC[C@H]2C[C@@H]1CN(Cc1ccccc1)C2. The summed E-state index contributed by atoms with van der Waals surface area (Å²) in [5, 5.41) is 8.45. The predicted octanol–water partition coefficient (Wildman–Crippen LogP) is 4.15. The third-order valence-electron chi connectivity index (χ3n) is 7.95. The van der Waals surface area contributed by atoms with Crippen molar-refractivity contribution in [2.45, 2.75) is 79.1 Å². The fraction of sp³-hybridized carbons (Fsp3) is 0.643. The minimum absolute atomic E-state index is 0.272. The molecule has 2 saturated heterocycles. The Balaban J connectivity index is 1.27. The number of likely N-dealkylation sites (tertiary alicyclic amines) is 1. The topological polar surface area (TPSA) is 53.4 Å². The van der Waals surface area contributed by atoms with Crippen LogP contribution >= 0.6 is 0 Å². The van der Waals surface area contributed by atoms with Gasteiger partial charge in [0.2, 0.25) is 5.91 Å². The number of carbonyl (C=O) groups excluding carboxylic acids is 1. The number of nitrogens with zero attached hydrogens (tertiary/aromatic N) is 4. The van der Waals surface area contributed by atoms with Crippen LogP contribution in [0.1, 0.15) is 62.0 Å². The molecular weight excluding hydrogens is 422 g/mol. The second kappa shape index (κ2) is 11.5. The molecule has 6 heteroatoms. The molecule has 1 amide bonds. The average Bonchev–Trinajstić information content (AvgIpc) is 3.11. The molecule has 186 valence electrons. The highest BCUT2D eigenvalue weighted by atomic mass is 16.2. The van der Waals surface area contributed by atoms with Crippen LogP contribution < -0.4 is 5.32 Å². The summed E-state index contributed by atoms with van der Waals surface area (Å²) in [5.74, 6) is 1.72. The van der Waals surface area contributed by atoms with Crippen molar-refractivity contribution in [2.24, 2.45) is 11.8 Å². The molecule has 2 aromatic rings. The maximum absolute atomic E-state index is 13.1. The van der Waals surface area contributed by atoms with Crippen LogP contribution in [-0.4, -0.2) is 57.7 Å². The van der Waals surface area contributed by atoms with E-state index in [2.05, 4.69) is 73.3 Å². The van der Waals surface area contributed by atoms with Gasteiger partial charge in [-0.1, -0.05) is 30.3 Å². The molecule has 2 bridgehead atoms. The Kier molecular flexibility index (Phi) is 8.43. The highest BCUT2D eigenvalue weighted by Gasteiger charge is 2.36. The Morgan fingerprint density at radius 3 is 2.68 bits per heavy atom. The second-order valence-electron chi connectivity index (χ2n) is 10.3. The van der Waals surface area contributed by atoms with Gasteiger partial charge in [0.15, 0.2) is 0 Å². The number of piperidine rings is 2. The molecule has 0 spiro atoms. The molecule has 1 aromatic carbocycles. The molecule has 0 aliphatic carbocycles. The minimum Gasteiger partial charge on any atom is -0.339 e. The lowest BCUT2D eigenvalue weighted by atomic mass is 9.79. The third-order valence-corrected chi connectivity index (χ3v) is 7.95. The van der Waals surface area contributed by atoms with E-state index >= 15 is 0 Å². The third kappa shape index (κ3) is 5.89. The number of fused-ring (bicyclic) bond motifs is 2. The number of amides is 1. The maximum atomic E-state index is 13.1. The molecule has 3 atom stereocenters. The lowest BCUT2D eigenvalue weighted by molar-refractivity contribution is -0.131. The van der Waals surface area contributed by atoms with E-state index in [1.165, 1.54) is 29.8 Å². The largest absolute Gasteiger partial charge is 0.339 e. The van der Waals surface area contributed by atoms with Gasteiger partial charge >= 0.3 is 0 Å². The van der Waals surface area contributed by atoms with Gasteiger partial charge in [-0.2, -0.15) is 5.10 Å². The highest BCUT2D eigenvalue weighted by Crippen LogP contribution is 2.31. The van der Waals surface area contributed by atoms with Gasteiger partial charge in [-0.15, -0.1) is 0 Å². The predicted molar refractivity (Wildman–Crippen MR) is 137 cm³/mol. The molecule has 0 unspecified atom stereocenters. The van der Waals surface area contributed by atoms with E-state index in [-0.39, 0.29) is 5.91 Å². The lowest BCUT2D eigenvalue weighted by Crippen LogP contribution is -2.55. The minimum atomic E-state index is 0.272. The number of rotatable bonds is 10. The standard InChI is InChI=1S/C28H43N5O/c1-5-32(20-26-21(3)30-33(6-2)22(26)4)28(34)14-10-13-27-25-15-24(16-29-27)18-31(19-25)17-23-11-8-7-9-12-23/h7-9,11-12,24-25,27,29H,5-6,10,13-20H2,1-4H3/t24-,25-,27-/m1/s1. The van der Waals surface area contributed by atoms with Gasteiger partial charge in [0.05, 0.1) is 5.69 Å². The second-order valence-corrected chi connectivity index (χ2v) is 10.3. The zero-order valence-corrected chi connectivity index (χ0v) is 21.6. The number of hydrogen-bond acceptors (Lipinski definition) is 4. The Morgan fingerprint density at radius 1 is 1.18 bits per heavy atom. The molecule has 6 nitrogen and oxygen atoms in total. The molecular formula is C28H43N5O. The molecule has 0 radical (unpaired) electrons. The van der Waals surface area contributed by atoms with Crippen LogP contribution in [0, 0.1) is 25.7 Å². The molecule has 4 rings (SSSR count). The summed E-state index contributed by atoms with van der Waals surface area (Å²) >= 11 is 0. The summed E-state index contributed by atoms with van der Waals surface area (Å²) in [7, 11) is 0. The summed E-state index contributed by atoms with van der Waals surface area (Å²) in [6.07, 6.45) is 4.01. The van der Waals surface area contributed by atoms with Crippen molar-refractivity contribution in [2.75, 3.05) is 26.2 Å². The van der Waals surface area contributed by atoms with Gasteiger partial charge in [-0.3, -0.25) is 14.4 Å². The van der Waals surface area contributed by atoms with Gasteiger partial charge in [-0.25, -0.2) is 0 Å². The van der Waals surface area contributed by atoms with E-state index in [1.807, 2.05) is 9.58 Å². The van der Waals surface area contributed by atoms with Crippen molar-refractivity contribution in [3.05, 3.63) is 52.8 Å². The van der Waals surface area contributed by atoms with Crippen LogP contribution in [0.25, 0.3) is 0 Å². The van der Waals surface area contributed by atoms with E-state index in [9.17, 15) is 4.79 Å². The first-order valence-electron chi connectivity index (χ1n) is 13.3. The number of hydrogen-bond donors (Lipinski definition) is 1. The molecule has 2 aliphatic rings. The van der Waals surface area contributed by atoms with E-state index in [0.29, 0.717) is 24.9 Å². The lowest BCUT2D eigenvalue weighted by Gasteiger charge is -2.46. The number of benzene rings is 1. The van der Waals surface area contributed by atoms with Crippen LogP contribution in [0.3, 0.4) is 0 Å². The first-order valence-corrected chi connectivity index (χ1v) is 13.3. The molecule has 3 heterocycles. The number of aryl methyl sites for hydroxylation is 2. The molecule has 0 saturated carbocycles. The Morgan fingerprint density at radius 2 is 1.97 bits per heavy atom. The first-order chi connectivity index (χ1) is 16.5. The van der Waals surface area contributed by atoms with Gasteiger partial charge < -0.3 is 10.2 Å². The maximum Gasteiger partial charge on any atom is 0.222 e. The van der Waals surface area contributed by atoms with E-state index in [1.54, 1.807) is 0 Å². The number of nitrogens with one attached hydrogen (secondary N) is 1. The zero-order valence-electron chi connectivity index (χ0n) is 21.6. The quantitative estimate of drug-likeness (QED) is 0.573. The molecule has 2 fully saturated rings. The van der Waals surface area contributed by atoms with Gasteiger partial charge in [-0.05, 0) is 70.9 Å². The number of aromatic nitrogens is 2. The summed E-state index contributed by atoms with van der Waals surface area (Å²) in [5.41, 5.74) is 4.85. The van der Waals surface area contributed by atoms with Crippen molar-refractivity contribution in [3.63, 3.8) is 0 Å². The monoisotopic (exact) mass is 465 g/mol. The van der Waals surface area contributed by atoms with Crippen LogP contribution in [0.5, 0.6) is 0 Å². The summed E-state index contributed by atoms with van der Waals surface area (Å²) in [6, 6.07) is 11.4. The summed E-state index contributed by atoms with van der Waals surface area (Å²) in [4.78, 5) is 17.7. The van der Waals surface area contributed by atoms with Crippen LogP contribution in [0.15, 0.2) is 30.3 Å². The molecule has 2 aliphatic heterocycles. The molecule has 1 aromatic heterocycles. The van der Waals surface area contributed by atoms with E-state index in [4.69, 9.17) is 0 Å². The fourth-order valence-corrected chi connectivity index (χ4v) is 6.05. The van der Waals surface area contributed by atoms with Gasteiger partial charge in [0.1, 0.15) is 0 Å². The molecule has 34 heavy (non-hydrogen) atoms. The van der Waals surface area contributed by atoms with Crippen LogP contribution in [0.4, 0.5) is 0 Å². The van der Waals surface area contributed by atoms with Crippen molar-refractivity contribution in [1.29, 1.82) is 0 Å². The van der Waals surface area contributed by atoms with Crippen molar-refractivity contribution in [1.82, 2.24) is 24.9 Å². The van der Waals surface area contributed by atoms with Crippen LogP contribution in [-0.2, 0) is 24.4 Å². The van der Waals surface area contributed by atoms with Crippen molar-refractivity contribution < 1.29 is 4.79 Å². The van der Waals surface area contributed by atoms with Gasteiger partial charge in [0.25, 0.3) is 0 Å². The van der Waals surface area contributed by atoms with Crippen LogP contribution in [0.2, 0.25) is 0 Å². The number of carbonyl (C=O) groups is 1. The van der Waals surface area contributed by atoms with Crippen molar-refractivity contribution in [3.8, 4) is 0 Å². The zero-order chi connectivity index (χ0) is 24.1. The molecule has 1 N–H and O–H groups in total. The normalized spacial score (nSPS) is 22.6.